The lowest BCUT2D eigenvalue weighted by molar-refractivity contribution is 1.18. The van der Waals surface area contributed by atoms with Gasteiger partial charge in [0.15, 0.2) is 0 Å². The van der Waals surface area contributed by atoms with E-state index in [1.54, 1.807) is 12.4 Å². The number of pyridine rings is 2. The number of hydrogen-bond donors (Lipinski definition) is 2. The molecule has 92 valence electrons. The van der Waals surface area contributed by atoms with Crippen LogP contribution in [0.4, 0.5) is 11.5 Å². The molecule has 0 unspecified atom stereocenters. The number of thiocarbonyl (C=S) groups is 1. The highest BCUT2D eigenvalue weighted by atomic mass is 32.1. The van der Waals surface area contributed by atoms with Gasteiger partial charge in [0.05, 0.1) is 11.9 Å². The Balaban J connectivity index is 2.35. The zero-order valence-electron chi connectivity index (χ0n) is 10.3. The summed E-state index contributed by atoms with van der Waals surface area (Å²) in [6, 6.07) is 5.64. The van der Waals surface area contributed by atoms with Crippen LogP contribution >= 0.6 is 12.2 Å². The summed E-state index contributed by atoms with van der Waals surface area (Å²) in [5, 5.41) is 3.22. The van der Waals surface area contributed by atoms with Crippen molar-refractivity contribution in [1.29, 1.82) is 0 Å². The molecule has 0 saturated carbocycles. The second kappa shape index (κ2) is 5.10. The molecule has 5 heteroatoms. The first kappa shape index (κ1) is 12.4. The van der Waals surface area contributed by atoms with Crippen LogP contribution in [0.3, 0.4) is 0 Å². The predicted molar refractivity (Wildman–Crippen MR) is 77.1 cm³/mol. The Morgan fingerprint density at radius 3 is 2.78 bits per heavy atom. The molecule has 0 radical (unpaired) electrons. The highest BCUT2D eigenvalue weighted by Crippen LogP contribution is 2.19. The van der Waals surface area contributed by atoms with E-state index in [0.29, 0.717) is 10.8 Å². The number of aryl methyl sites for hydroxylation is 2. The molecule has 0 aliphatic rings. The molecule has 3 N–H and O–H groups in total. The highest BCUT2D eigenvalue weighted by Gasteiger charge is 2.04. The molecule has 0 amide bonds. The number of nitrogens with one attached hydrogen (secondary N) is 1. The van der Waals surface area contributed by atoms with E-state index in [9.17, 15) is 0 Å². The molecule has 2 aromatic rings. The van der Waals surface area contributed by atoms with Crippen LogP contribution in [0.25, 0.3) is 0 Å². The van der Waals surface area contributed by atoms with Crippen molar-refractivity contribution in [3.05, 3.63) is 47.4 Å². The Kier molecular flexibility index (Phi) is 3.53. The maximum atomic E-state index is 5.64. The van der Waals surface area contributed by atoms with Gasteiger partial charge in [-0.25, -0.2) is 4.98 Å². The molecule has 0 bridgehead atoms. The Morgan fingerprint density at radius 1 is 1.33 bits per heavy atom. The number of nitrogens with two attached hydrogens (primary N) is 1. The third-order valence-electron chi connectivity index (χ3n) is 2.54. The van der Waals surface area contributed by atoms with E-state index in [0.717, 1.165) is 22.5 Å². The molecular formula is C13H14N4S. The Hall–Kier alpha value is -2.01. The zero-order valence-corrected chi connectivity index (χ0v) is 11.1. The first-order valence-electron chi connectivity index (χ1n) is 5.52. The number of nitrogens with zero attached hydrogens (tertiary/aromatic N) is 2. The maximum Gasteiger partial charge on any atom is 0.131 e. The number of aromatic nitrogens is 2. The largest absolute Gasteiger partial charge is 0.389 e. The number of anilines is 2. The molecule has 0 aliphatic carbocycles. The zero-order chi connectivity index (χ0) is 13.1. The Morgan fingerprint density at radius 2 is 2.11 bits per heavy atom. The average Bonchev–Trinajstić information content (AvgIpc) is 2.31. The lowest BCUT2D eigenvalue weighted by atomic mass is 10.2. The van der Waals surface area contributed by atoms with E-state index >= 15 is 0 Å². The van der Waals surface area contributed by atoms with Gasteiger partial charge >= 0.3 is 0 Å². The van der Waals surface area contributed by atoms with Crippen LogP contribution < -0.4 is 11.1 Å². The van der Waals surface area contributed by atoms with Gasteiger partial charge in [-0.3, -0.25) is 4.98 Å². The molecular weight excluding hydrogens is 244 g/mol. The summed E-state index contributed by atoms with van der Waals surface area (Å²) >= 11 is 4.98. The molecule has 4 nitrogen and oxygen atoms in total. The van der Waals surface area contributed by atoms with Crippen LogP contribution in [0.2, 0.25) is 0 Å². The molecule has 0 atom stereocenters. The van der Waals surface area contributed by atoms with E-state index in [2.05, 4.69) is 15.3 Å². The summed E-state index contributed by atoms with van der Waals surface area (Å²) in [6.07, 6.45) is 3.52. The summed E-state index contributed by atoms with van der Waals surface area (Å²) in [5.74, 6) is 0.717. The minimum Gasteiger partial charge on any atom is -0.389 e. The lowest BCUT2D eigenvalue weighted by Gasteiger charge is -2.10. The van der Waals surface area contributed by atoms with Crippen LogP contribution in [0.5, 0.6) is 0 Å². The molecule has 18 heavy (non-hydrogen) atoms. The molecule has 0 aliphatic heterocycles. The lowest BCUT2D eigenvalue weighted by Crippen LogP contribution is -2.11. The van der Waals surface area contributed by atoms with E-state index in [1.165, 1.54) is 0 Å². The Labute approximate surface area is 111 Å². The van der Waals surface area contributed by atoms with Gasteiger partial charge in [-0.1, -0.05) is 12.2 Å². The van der Waals surface area contributed by atoms with E-state index in [-0.39, 0.29) is 0 Å². The molecule has 2 heterocycles. The number of rotatable bonds is 3. The van der Waals surface area contributed by atoms with Gasteiger partial charge in [0.25, 0.3) is 0 Å². The van der Waals surface area contributed by atoms with Gasteiger partial charge in [-0.15, -0.1) is 0 Å². The minimum atomic E-state index is 0.367. The van der Waals surface area contributed by atoms with Crippen molar-refractivity contribution in [3.63, 3.8) is 0 Å². The van der Waals surface area contributed by atoms with E-state index in [4.69, 9.17) is 18.0 Å². The van der Waals surface area contributed by atoms with Crippen LogP contribution in [-0.4, -0.2) is 15.0 Å². The van der Waals surface area contributed by atoms with Crippen molar-refractivity contribution < 1.29 is 0 Å². The standard InChI is InChI=1S/C13H14N4S/c1-8-3-4-15-7-11(8)17-12-6-10(13(14)18)5-9(2)16-12/h3-7H,1-2H3,(H2,14,18)(H,16,17). The van der Waals surface area contributed by atoms with Gasteiger partial charge in [0, 0.05) is 17.5 Å². The van der Waals surface area contributed by atoms with Gasteiger partial charge in [-0.2, -0.15) is 0 Å². The van der Waals surface area contributed by atoms with Crippen molar-refractivity contribution >= 4 is 28.7 Å². The third-order valence-corrected chi connectivity index (χ3v) is 2.78. The van der Waals surface area contributed by atoms with Crippen molar-refractivity contribution in [2.75, 3.05) is 5.32 Å². The molecule has 0 spiro atoms. The van der Waals surface area contributed by atoms with E-state index in [1.807, 2.05) is 32.0 Å². The second-order valence-corrected chi connectivity index (χ2v) is 4.50. The molecule has 2 rings (SSSR count). The smallest absolute Gasteiger partial charge is 0.131 e. The Bertz CT molecular complexity index is 595. The number of hydrogen-bond acceptors (Lipinski definition) is 4. The predicted octanol–water partition coefficient (Wildman–Crippen LogP) is 2.47. The quantitative estimate of drug-likeness (QED) is 0.828. The van der Waals surface area contributed by atoms with Gasteiger partial charge in [0.1, 0.15) is 10.8 Å². The van der Waals surface area contributed by atoms with Crippen LogP contribution in [0, 0.1) is 13.8 Å². The monoisotopic (exact) mass is 258 g/mol. The average molecular weight is 258 g/mol. The molecule has 0 saturated heterocycles. The van der Waals surface area contributed by atoms with Crippen molar-refractivity contribution in [2.24, 2.45) is 5.73 Å². The summed E-state index contributed by atoms with van der Waals surface area (Å²) in [6.45, 7) is 3.91. The fourth-order valence-corrected chi connectivity index (χ4v) is 1.73. The van der Waals surface area contributed by atoms with Gasteiger partial charge < -0.3 is 11.1 Å². The van der Waals surface area contributed by atoms with Gasteiger partial charge in [0.2, 0.25) is 0 Å². The first-order valence-corrected chi connectivity index (χ1v) is 5.93. The topological polar surface area (TPSA) is 63.8 Å². The minimum absolute atomic E-state index is 0.367. The second-order valence-electron chi connectivity index (χ2n) is 4.06. The van der Waals surface area contributed by atoms with E-state index < -0.39 is 0 Å². The molecule has 0 fully saturated rings. The fourth-order valence-electron chi connectivity index (χ4n) is 1.61. The summed E-state index contributed by atoms with van der Waals surface area (Å²) in [4.78, 5) is 8.85. The maximum absolute atomic E-state index is 5.64. The van der Waals surface area contributed by atoms with Crippen LogP contribution in [0.1, 0.15) is 16.8 Å². The highest BCUT2D eigenvalue weighted by molar-refractivity contribution is 7.80. The molecule has 2 aromatic heterocycles. The van der Waals surface area contributed by atoms with Crippen molar-refractivity contribution in [3.8, 4) is 0 Å². The normalized spacial score (nSPS) is 10.1. The summed E-state index contributed by atoms with van der Waals surface area (Å²) < 4.78 is 0. The first-order chi connectivity index (χ1) is 8.56. The third kappa shape index (κ3) is 2.81. The summed E-state index contributed by atoms with van der Waals surface area (Å²) in [7, 11) is 0. The van der Waals surface area contributed by atoms with Crippen molar-refractivity contribution in [1.82, 2.24) is 9.97 Å². The SMILES string of the molecule is Cc1cc(C(N)=S)cc(Nc2cnccc2C)n1. The van der Waals surface area contributed by atoms with Crippen LogP contribution in [-0.2, 0) is 0 Å². The summed E-state index contributed by atoms with van der Waals surface area (Å²) in [5.41, 5.74) is 9.33. The fraction of sp³-hybridized carbons (Fsp3) is 0.154. The van der Waals surface area contributed by atoms with Crippen LogP contribution in [0.15, 0.2) is 30.6 Å². The molecule has 0 aromatic carbocycles. The van der Waals surface area contributed by atoms with Gasteiger partial charge in [-0.05, 0) is 37.6 Å². The van der Waals surface area contributed by atoms with Crippen molar-refractivity contribution in [2.45, 2.75) is 13.8 Å².